The van der Waals surface area contributed by atoms with Gasteiger partial charge in [0.15, 0.2) is 21.4 Å². The molecule has 21 heavy (non-hydrogen) atoms. The molecule has 0 heterocycles. The third kappa shape index (κ3) is 4.00. The number of ether oxygens (including phenoxy) is 1. The summed E-state index contributed by atoms with van der Waals surface area (Å²) < 4.78 is 55.2. The van der Waals surface area contributed by atoms with E-state index in [2.05, 4.69) is 0 Å². The molecule has 2 atom stereocenters. The second kappa shape index (κ2) is 6.09. The maximum Gasteiger partial charge on any atom is 0.175 e. The first kappa shape index (κ1) is 15.9. The Labute approximate surface area is 122 Å². The molecule has 0 aliphatic heterocycles. The highest BCUT2D eigenvalue weighted by molar-refractivity contribution is 7.90. The number of benzene rings is 1. The first-order valence-corrected chi connectivity index (χ1v) is 8.44. The average Bonchev–Trinajstić information content (AvgIpc) is 2.38. The fourth-order valence-corrected chi connectivity index (χ4v) is 2.86. The van der Waals surface area contributed by atoms with E-state index in [9.17, 15) is 22.0 Å². The van der Waals surface area contributed by atoms with Crippen molar-refractivity contribution in [2.24, 2.45) is 5.92 Å². The molecule has 116 valence electrons. The number of rotatable bonds is 4. The van der Waals surface area contributed by atoms with Crippen LogP contribution in [0.4, 0.5) is 8.78 Å². The molecule has 7 heteroatoms. The van der Waals surface area contributed by atoms with Crippen LogP contribution in [-0.4, -0.2) is 33.2 Å². The van der Waals surface area contributed by atoms with Crippen molar-refractivity contribution in [2.75, 3.05) is 12.9 Å². The van der Waals surface area contributed by atoms with Gasteiger partial charge in [0.05, 0.1) is 11.5 Å². The highest BCUT2D eigenvalue weighted by atomic mass is 32.2. The van der Waals surface area contributed by atoms with Crippen molar-refractivity contribution in [1.29, 1.82) is 0 Å². The molecule has 0 saturated heterocycles. The first-order chi connectivity index (χ1) is 9.77. The SMILES string of the molecule is CS(=O)(=O)c1ccc(OCC2CCC(=O)CC2F)c(F)c1. The van der Waals surface area contributed by atoms with Gasteiger partial charge in [0, 0.05) is 25.0 Å². The number of Topliss-reactive ketones (excluding diaryl/α,β-unsaturated/α-hetero) is 1. The van der Waals surface area contributed by atoms with Crippen LogP contribution in [0.1, 0.15) is 19.3 Å². The number of carbonyl (C=O) groups excluding carboxylic acids is 1. The minimum Gasteiger partial charge on any atom is -0.490 e. The van der Waals surface area contributed by atoms with Crippen LogP contribution >= 0.6 is 0 Å². The second-order valence-electron chi connectivity index (χ2n) is 5.23. The molecule has 0 spiro atoms. The lowest BCUT2D eigenvalue weighted by Gasteiger charge is -2.25. The summed E-state index contributed by atoms with van der Waals surface area (Å²) in [5.41, 5.74) is 0. The van der Waals surface area contributed by atoms with Gasteiger partial charge in [-0.25, -0.2) is 17.2 Å². The topological polar surface area (TPSA) is 60.4 Å². The normalized spacial score (nSPS) is 23.1. The third-order valence-corrected chi connectivity index (χ3v) is 4.62. The summed E-state index contributed by atoms with van der Waals surface area (Å²) in [7, 11) is -3.49. The van der Waals surface area contributed by atoms with Gasteiger partial charge in [-0.3, -0.25) is 4.79 Å². The Balaban J connectivity index is 2.02. The molecular weight excluding hydrogens is 302 g/mol. The fraction of sp³-hybridized carbons (Fsp3) is 0.500. The number of ketones is 1. The summed E-state index contributed by atoms with van der Waals surface area (Å²) in [6.07, 6.45) is 0.274. The van der Waals surface area contributed by atoms with Crippen molar-refractivity contribution >= 4 is 15.6 Å². The van der Waals surface area contributed by atoms with Gasteiger partial charge >= 0.3 is 0 Å². The zero-order valence-electron chi connectivity index (χ0n) is 11.5. The van der Waals surface area contributed by atoms with Gasteiger partial charge in [0.1, 0.15) is 12.0 Å². The molecular formula is C14H16F2O4S. The fourth-order valence-electron chi connectivity index (χ4n) is 2.23. The van der Waals surface area contributed by atoms with E-state index >= 15 is 0 Å². The number of halogens is 2. The van der Waals surface area contributed by atoms with Crippen LogP contribution < -0.4 is 4.74 Å². The van der Waals surface area contributed by atoms with Crippen molar-refractivity contribution in [1.82, 2.24) is 0 Å². The monoisotopic (exact) mass is 318 g/mol. The number of carbonyl (C=O) groups is 1. The van der Waals surface area contributed by atoms with E-state index in [-0.39, 0.29) is 29.5 Å². The van der Waals surface area contributed by atoms with Crippen molar-refractivity contribution in [2.45, 2.75) is 30.3 Å². The van der Waals surface area contributed by atoms with E-state index in [4.69, 9.17) is 4.74 Å². The summed E-state index contributed by atoms with van der Waals surface area (Å²) in [4.78, 5) is 10.9. The number of hydrogen-bond donors (Lipinski definition) is 0. The first-order valence-electron chi connectivity index (χ1n) is 6.55. The number of hydrogen-bond acceptors (Lipinski definition) is 4. The van der Waals surface area contributed by atoms with E-state index in [0.29, 0.717) is 12.8 Å². The Morgan fingerprint density at radius 3 is 2.67 bits per heavy atom. The molecule has 1 aliphatic rings. The lowest BCUT2D eigenvalue weighted by atomic mass is 9.87. The molecule has 1 aromatic rings. The predicted octanol–water partition coefficient (Wildman–Crippen LogP) is 2.32. The van der Waals surface area contributed by atoms with Crippen molar-refractivity contribution < 1.29 is 26.7 Å². The molecule has 0 amide bonds. The minimum atomic E-state index is -3.49. The minimum absolute atomic E-state index is 0.0381. The number of sulfone groups is 1. The molecule has 4 nitrogen and oxygen atoms in total. The molecule has 0 aromatic heterocycles. The molecule has 1 fully saturated rings. The van der Waals surface area contributed by atoms with Crippen LogP contribution in [0.5, 0.6) is 5.75 Å². The smallest absolute Gasteiger partial charge is 0.175 e. The van der Waals surface area contributed by atoms with E-state index in [1.54, 1.807) is 0 Å². The molecule has 0 radical (unpaired) electrons. The predicted molar refractivity (Wildman–Crippen MR) is 72.2 cm³/mol. The Bertz CT molecular complexity index is 642. The number of alkyl halides is 1. The highest BCUT2D eigenvalue weighted by Gasteiger charge is 2.30. The van der Waals surface area contributed by atoms with Gasteiger partial charge in [-0.15, -0.1) is 0 Å². The van der Waals surface area contributed by atoms with Crippen LogP contribution in [-0.2, 0) is 14.6 Å². The van der Waals surface area contributed by atoms with Gasteiger partial charge in [-0.05, 0) is 24.6 Å². The van der Waals surface area contributed by atoms with E-state index in [1.807, 2.05) is 0 Å². The van der Waals surface area contributed by atoms with Crippen LogP contribution in [0.3, 0.4) is 0 Å². The maximum absolute atomic E-state index is 13.8. The third-order valence-electron chi connectivity index (χ3n) is 3.51. The molecule has 1 aromatic carbocycles. The van der Waals surface area contributed by atoms with Crippen LogP contribution in [0, 0.1) is 11.7 Å². The van der Waals surface area contributed by atoms with Crippen LogP contribution in [0.2, 0.25) is 0 Å². The van der Waals surface area contributed by atoms with Gasteiger partial charge in [-0.1, -0.05) is 0 Å². The molecule has 0 bridgehead atoms. The highest BCUT2D eigenvalue weighted by Crippen LogP contribution is 2.27. The van der Waals surface area contributed by atoms with Crippen molar-refractivity contribution in [3.05, 3.63) is 24.0 Å². The summed E-state index contributed by atoms with van der Waals surface area (Å²) in [6, 6.07) is 3.33. The van der Waals surface area contributed by atoms with Crippen LogP contribution in [0.25, 0.3) is 0 Å². The Kier molecular flexibility index (Phi) is 4.61. The molecule has 2 rings (SSSR count). The standard InChI is InChI=1S/C14H16F2O4S/c1-21(18,19)11-4-5-14(13(16)7-11)20-8-9-2-3-10(17)6-12(9)15/h4-5,7,9,12H,2-3,6,8H2,1H3. The largest absolute Gasteiger partial charge is 0.490 e. The Morgan fingerprint density at radius 2 is 2.10 bits per heavy atom. The lowest BCUT2D eigenvalue weighted by Crippen LogP contribution is -2.30. The molecule has 2 unspecified atom stereocenters. The van der Waals surface area contributed by atoms with Crippen LogP contribution in [0.15, 0.2) is 23.1 Å². The Morgan fingerprint density at radius 1 is 1.38 bits per heavy atom. The quantitative estimate of drug-likeness (QED) is 0.855. The summed E-state index contributed by atoms with van der Waals surface area (Å²) in [5, 5.41) is 0. The zero-order valence-corrected chi connectivity index (χ0v) is 12.3. The van der Waals surface area contributed by atoms with E-state index in [1.165, 1.54) is 12.1 Å². The van der Waals surface area contributed by atoms with Gasteiger partial charge in [0.25, 0.3) is 0 Å². The van der Waals surface area contributed by atoms with Gasteiger partial charge < -0.3 is 4.74 Å². The molecule has 0 N–H and O–H groups in total. The van der Waals surface area contributed by atoms with E-state index < -0.39 is 27.7 Å². The van der Waals surface area contributed by atoms with Gasteiger partial charge in [-0.2, -0.15) is 0 Å². The zero-order chi connectivity index (χ0) is 15.6. The lowest BCUT2D eigenvalue weighted by molar-refractivity contribution is -0.123. The summed E-state index contributed by atoms with van der Waals surface area (Å²) in [6.45, 7) is -0.0381. The molecule has 1 saturated carbocycles. The second-order valence-corrected chi connectivity index (χ2v) is 7.25. The summed E-state index contributed by atoms with van der Waals surface area (Å²) in [5.74, 6) is -1.48. The Hall–Kier alpha value is -1.50. The average molecular weight is 318 g/mol. The van der Waals surface area contributed by atoms with Crippen molar-refractivity contribution in [3.63, 3.8) is 0 Å². The van der Waals surface area contributed by atoms with E-state index in [0.717, 1.165) is 12.3 Å². The van der Waals surface area contributed by atoms with Gasteiger partial charge in [0.2, 0.25) is 0 Å². The maximum atomic E-state index is 13.8. The summed E-state index contributed by atoms with van der Waals surface area (Å²) >= 11 is 0. The molecule has 1 aliphatic carbocycles. The van der Waals surface area contributed by atoms with Crippen molar-refractivity contribution in [3.8, 4) is 5.75 Å².